The van der Waals surface area contributed by atoms with E-state index in [0.29, 0.717) is 33.9 Å². The third kappa shape index (κ3) is 3.70. The number of H-pyrrole nitrogens is 2. The number of benzene rings is 1. The number of aromatic amines is 2. The molecular formula is C28H22FN7S. The number of aromatic nitrogens is 6. The van der Waals surface area contributed by atoms with Crippen LogP contribution < -0.4 is 5.32 Å². The van der Waals surface area contributed by atoms with Gasteiger partial charge in [-0.05, 0) is 42.3 Å². The summed E-state index contributed by atoms with van der Waals surface area (Å²) in [6.45, 7) is 4.16. The van der Waals surface area contributed by atoms with Gasteiger partial charge >= 0.3 is 0 Å². The number of hydrogen-bond donors (Lipinski definition) is 3. The number of hydrogen-bond acceptors (Lipinski definition) is 6. The molecule has 0 radical (unpaired) electrons. The molecule has 1 aliphatic carbocycles. The summed E-state index contributed by atoms with van der Waals surface area (Å²) in [5.74, 6) is 0.496. The summed E-state index contributed by atoms with van der Waals surface area (Å²) in [5.41, 5.74) is 6.12. The molecule has 7 nitrogen and oxygen atoms in total. The maximum Gasteiger partial charge on any atom is 0.161 e. The molecule has 0 saturated heterocycles. The molecule has 1 fully saturated rings. The highest BCUT2D eigenvalue weighted by atomic mass is 32.1. The highest BCUT2D eigenvalue weighted by molar-refractivity contribution is 7.13. The Balaban J connectivity index is 1.30. The Hall–Kier alpha value is -4.37. The number of thiophene rings is 1. The number of pyridine rings is 2. The van der Waals surface area contributed by atoms with Crippen molar-refractivity contribution in [2.24, 2.45) is 5.92 Å². The van der Waals surface area contributed by atoms with Crippen molar-refractivity contribution in [1.82, 2.24) is 30.1 Å². The van der Waals surface area contributed by atoms with Gasteiger partial charge in [0.05, 0.1) is 40.0 Å². The van der Waals surface area contributed by atoms with Crippen molar-refractivity contribution in [3.8, 4) is 33.2 Å². The number of nitrogens with zero attached hydrogens (tertiary/aromatic N) is 4. The summed E-state index contributed by atoms with van der Waals surface area (Å²) in [5, 5.41) is 13.0. The number of fused-ring (bicyclic) bond motifs is 2. The minimum Gasteiger partial charge on any atom is -0.358 e. The first kappa shape index (κ1) is 21.9. The first-order valence-electron chi connectivity index (χ1n) is 12.1. The number of para-hydroxylation sites is 1. The van der Waals surface area contributed by atoms with Crippen LogP contribution in [0, 0.1) is 11.7 Å². The number of nitrogens with one attached hydrogen (secondary N) is 3. The van der Waals surface area contributed by atoms with Crippen LogP contribution in [0.2, 0.25) is 0 Å². The average Bonchev–Trinajstić information content (AvgIpc) is 3.62. The zero-order valence-corrected chi connectivity index (χ0v) is 20.6. The van der Waals surface area contributed by atoms with Crippen molar-refractivity contribution < 1.29 is 4.39 Å². The molecule has 0 aliphatic heterocycles. The van der Waals surface area contributed by atoms with Crippen LogP contribution in [0.1, 0.15) is 19.3 Å². The zero-order valence-electron chi connectivity index (χ0n) is 19.8. The van der Waals surface area contributed by atoms with Gasteiger partial charge < -0.3 is 10.3 Å². The number of imidazole rings is 1. The fourth-order valence-corrected chi connectivity index (χ4v) is 5.56. The molecule has 5 heterocycles. The molecule has 3 N–H and O–H groups in total. The predicted molar refractivity (Wildman–Crippen MR) is 146 cm³/mol. The molecule has 1 aliphatic rings. The largest absolute Gasteiger partial charge is 0.358 e. The lowest BCUT2D eigenvalue weighted by Gasteiger charge is -2.28. The molecule has 0 bridgehead atoms. The van der Waals surface area contributed by atoms with E-state index in [0.717, 1.165) is 45.7 Å². The molecule has 182 valence electrons. The Morgan fingerprint density at radius 3 is 2.81 bits per heavy atom. The van der Waals surface area contributed by atoms with Gasteiger partial charge in [-0.25, -0.2) is 9.37 Å². The van der Waals surface area contributed by atoms with Gasteiger partial charge in [0.1, 0.15) is 11.4 Å². The van der Waals surface area contributed by atoms with Gasteiger partial charge in [0, 0.05) is 27.9 Å². The van der Waals surface area contributed by atoms with Crippen LogP contribution in [0.5, 0.6) is 0 Å². The summed E-state index contributed by atoms with van der Waals surface area (Å²) in [4.78, 5) is 18.0. The van der Waals surface area contributed by atoms with Gasteiger partial charge in [-0.2, -0.15) is 5.10 Å². The van der Waals surface area contributed by atoms with Crippen LogP contribution in [-0.2, 0) is 0 Å². The fraction of sp³-hybridized carbons (Fsp3) is 0.143. The Labute approximate surface area is 215 Å². The fourth-order valence-electron chi connectivity index (χ4n) is 4.80. The second kappa shape index (κ2) is 8.63. The van der Waals surface area contributed by atoms with Crippen LogP contribution in [0.3, 0.4) is 0 Å². The summed E-state index contributed by atoms with van der Waals surface area (Å²) >= 11 is 1.65. The predicted octanol–water partition coefficient (Wildman–Crippen LogP) is 7.16. The lowest BCUT2D eigenvalue weighted by molar-refractivity contribution is 0.371. The van der Waals surface area contributed by atoms with Crippen LogP contribution in [0.15, 0.2) is 72.6 Å². The van der Waals surface area contributed by atoms with E-state index in [9.17, 15) is 0 Å². The van der Waals surface area contributed by atoms with E-state index >= 15 is 4.39 Å². The van der Waals surface area contributed by atoms with E-state index in [2.05, 4.69) is 43.1 Å². The van der Waals surface area contributed by atoms with Gasteiger partial charge in [-0.3, -0.25) is 15.1 Å². The van der Waals surface area contributed by atoms with Crippen LogP contribution in [0.25, 0.3) is 55.2 Å². The number of rotatable bonds is 6. The zero-order chi connectivity index (χ0) is 24.9. The van der Waals surface area contributed by atoms with E-state index in [-0.39, 0.29) is 5.69 Å². The molecule has 1 saturated carbocycles. The SMILES string of the molecule is C=C(Nc1cncc(-c2ncc3[nH]nc(-c4nc5c(-c6cccs6)cccc5[nH]4)c3c2F)c1)C1CCC1. The molecule has 9 heteroatoms. The van der Waals surface area contributed by atoms with E-state index < -0.39 is 5.82 Å². The molecule has 1 aromatic carbocycles. The standard InChI is InChI=1S/C28H22FN7S/c1-15(16-5-2-6-16)32-18-11-17(12-30-13-18)25-24(29)23-21(14-31-25)35-36-27(23)28-33-20-8-3-7-19(26(20)34-28)22-9-4-10-37-22/h3-4,7-14,16,32H,1-2,5-6H2,(H,33,34)(H,35,36). The number of allylic oxidation sites excluding steroid dienone is 1. The van der Waals surface area contributed by atoms with E-state index in [1.54, 1.807) is 29.9 Å². The van der Waals surface area contributed by atoms with Gasteiger partial charge in [0.25, 0.3) is 0 Å². The second-order valence-electron chi connectivity index (χ2n) is 9.29. The first-order valence-corrected chi connectivity index (χ1v) is 13.0. The molecule has 0 atom stereocenters. The number of halogens is 1. The smallest absolute Gasteiger partial charge is 0.161 e. The molecule has 5 aromatic heterocycles. The molecule has 6 aromatic rings. The maximum absolute atomic E-state index is 16.1. The highest BCUT2D eigenvalue weighted by Gasteiger charge is 2.23. The van der Waals surface area contributed by atoms with Crippen molar-refractivity contribution in [2.75, 3.05) is 5.32 Å². The van der Waals surface area contributed by atoms with Gasteiger partial charge in [-0.1, -0.05) is 31.2 Å². The van der Waals surface area contributed by atoms with E-state index in [4.69, 9.17) is 4.98 Å². The van der Waals surface area contributed by atoms with Gasteiger partial charge in [0.2, 0.25) is 0 Å². The molecule has 0 spiro atoms. The third-order valence-corrected chi connectivity index (χ3v) is 7.89. The third-order valence-electron chi connectivity index (χ3n) is 6.98. The average molecular weight is 508 g/mol. The number of anilines is 1. The van der Waals surface area contributed by atoms with Gasteiger partial charge in [-0.15, -0.1) is 11.3 Å². The summed E-state index contributed by atoms with van der Waals surface area (Å²) < 4.78 is 16.1. The lowest BCUT2D eigenvalue weighted by Crippen LogP contribution is -2.18. The molecular weight excluding hydrogens is 485 g/mol. The topological polar surface area (TPSA) is 95.2 Å². The van der Waals surface area contributed by atoms with Crippen molar-refractivity contribution in [1.29, 1.82) is 0 Å². The molecule has 0 amide bonds. The normalized spacial score (nSPS) is 13.8. The minimum absolute atomic E-state index is 0.205. The minimum atomic E-state index is -0.475. The van der Waals surface area contributed by atoms with Crippen molar-refractivity contribution in [3.63, 3.8) is 0 Å². The summed E-state index contributed by atoms with van der Waals surface area (Å²) in [6, 6.07) is 11.9. The second-order valence-corrected chi connectivity index (χ2v) is 10.2. The molecule has 37 heavy (non-hydrogen) atoms. The molecule has 7 rings (SSSR count). The Bertz CT molecular complexity index is 1780. The van der Waals surface area contributed by atoms with Gasteiger partial charge in [0.15, 0.2) is 11.6 Å². The first-order chi connectivity index (χ1) is 18.2. The summed E-state index contributed by atoms with van der Waals surface area (Å²) in [6.07, 6.45) is 8.44. The monoisotopic (exact) mass is 507 g/mol. The van der Waals surface area contributed by atoms with Crippen molar-refractivity contribution in [3.05, 3.63) is 78.5 Å². The maximum atomic E-state index is 16.1. The van der Waals surface area contributed by atoms with Crippen molar-refractivity contribution >= 4 is 39.0 Å². The van der Waals surface area contributed by atoms with E-state index in [1.165, 1.54) is 6.42 Å². The lowest BCUT2D eigenvalue weighted by atomic mass is 9.83. The molecule has 0 unspecified atom stereocenters. The summed E-state index contributed by atoms with van der Waals surface area (Å²) in [7, 11) is 0. The Morgan fingerprint density at radius 2 is 2.00 bits per heavy atom. The quantitative estimate of drug-likeness (QED) is 0.222. The van der Waals surface area contributed by atoms with Crippen LogP contribution in [-0.4, -0.2) is 30.1 Å². The Kier molecular flexibility index (Phi) is 5.10. The van der Waals surface area contributed by atoms with Crippen LogP contribution >= 0.6 is 11.3 Å². The Morgan fingerprint density at radius 1 is 1.08 bits per heavy atom. The van der Waals surface area contributed by atoms with Crippen LogP contribution in [0.4, 0.5) is 10.1 Å². The highest BCUT2D eigenvalue weighted by Crippen LogP contribution is 2.36. The van der Waals surface area contributed by atoms with Crippen molar-refractivity contribution in [2.45, 2.75) is 19.3 Å². The van der Waals surface area contributed by atoms with E-state index in [1.807, 2.05) is 35.7 Å².